The fraction of sp³-hybridized carbons (Fsp3) is 0.692. The third kappa shape index (κ3) is 3.38. The van der Waals surface area contributed by atoms with E-state index in [0.29, 0.717) is 11.7 Å². The summed E-state index contributed by atoms with van der Waals surface area (Å²) < 4.78 is 38.7. The molecule has 0 atom stereocenters. The van der Waals surface area contributed by atoms with Crippen LogP contribution in [0.3, 0.4) is 0 Å². The number of rotatable bonds is 2. The molecule has 2 rings (SSSR count). The van der Waals surface area contributed by atoms with Crippen LogP contribution < -0.4 is 0 Å². The summed E-state index contributed by atoms with van der Waals surface area (Å²) in [6.45, 7) is 2.16. The van der Waals surface area contributed by atoms with Crippen LogP contribution in [0.4, 0.5) is 13.2 Å². The van der Waals surface area contributed by atoms with E-state index in [9.17, 15) is 13.2 Å². The summed E-state index contributed by atoms with van der Waals surface area (Å²) in [7, 11) is 0. The molecular formula is C13H16ClF3N2. The Morgan fingerprint density at radius 1 is 1.26 bits per heavy atom. The second-order valence-electron chi connectivity index (χ2n) is 5.19. The molecule has 0 N–H and O–H groups in total. The van der Waals surface area contributed by atoms with Gasteiger partial charge in [-0.3, -0.25) is 0 Å². The molecule has 0 radical (unpaired) electrons. The first-order valence-electron chi connectivity index (χ1n) is 6.40. The lowest BCUT2D eigenvalue weighted by Gasteiger charge is -2.25. The average Bonchev–Trinajstić information content (AvgIpc) is 2.38. The van der Waals surface area contributed by atoms with Crippen LogP contribution in [-0.4, -0.2) is 9.97 Å². The van der Waals surface area contributed by atoms with Gasteiger partial charge in [-0.05, 0) is 18.8 Å². The van der Waals surface area contributed by atoms with Crippen molar-refractivity contribution in [3.05, 3.63) is 23.3 Å². The quantitative estimate of drug-likeness (QED) is 0.749. The number of alkyl halides is 4. The van der Waals surface area contributed by atoms with Crippen LogP contribution in [0, 0.1) is 5.92 Å². The molecule has 0 unspecified atom stereocenters. The number of aromatic nitrogens is 2. The lowest BCUT2D eigenvalue weighted by atomic mass is 9.82. The van der Waals surface area contributed by atoms with Gasteiger partial charge in [0.1, 0.15) is 5.82 Å². The SMILES string of the molecule is CC1CCC(c2ncc(CCl)c(C(F)(F)F)n2)CC1. The third-order valence-corrected chi connectivity index (χ3v) is 3.96. The van der Waals surface area contributed by atoms with E-state index in [-0.39, 0.29) is 17.4 Å². The van der Waals surface area contributed by atoms with Crippen LogP contribution in [0.1, 0.15) is 55.6 Å². The van der Waals surface area contributed by atoms with E-state index in [1.54, 1.807) is 0 Å². The maximum atomic E-state index is 12.9. The number of hydrogen-bond donors (Lipinski definition) is 0. The minimum absolute atomic E-state index is 0.0432. The van der Waals surface area contributed by atoms with E-state index >= 15 is 0 Å². The molecule has 1 fully saturated rings. The van der Waals surface area contributed by atoms with Gasteiger partial charge in [-0.25, -0.2) is 9.97 Å². The monoisotopic (exact) mass is 292 g/mol. The normalized spacial score (nSPS) is 24.5. The Kier molecular flexibility index (Phi) is 4.33. The van der Waals surface area contributed by atoms with Gasteiger partial charge < -0.3 is 0 Å². The highest BCUT2D eigenvalue weighted by molar-refractivity contribution is 6.17. The lowest BCUT2D eigenvalue weighted by molar-refractivity contribution is -0.142. The molecule has 1 aliphatic carbocycles. The number of hydrogen-bond acceptors (Lipinski definition) is 2. The minimum Gasteiger partial charge on any atom is -0.241 e. The van der Waals surface area contributed by atoms with Crippen molar-refractivity contribution in [2.45, 2.75) is 50.6 Å². The van der Waals surface area contributed by atoms with Gasteiger partial charge in [-0.1, -0.05) is 19.8 Å². The molecule has 0 bridgehead atoms. The summed E-state index contributed by atoms with van der Waals surface area (Å²) in [5, 5.41) is 0. The van der Waals surface area contributed by atoms with Gasteiger partial charge in [0, 0.05) is 17.7 Å². The van der Waals surface area contributed by atoms with Crippen molar-refractivity contribution in [2.75, 3.05) is 0 Å². The highest BCUT2D eigenvalue weighted by atomic mass is 35.5. The van der Waals surface area contributed by atoms with Gasteiger partial charge in [0.05, 0.1) is 5.88 Å². The Labute approximate surface area is 115 Å². The molecule has 6 heteroatoms. The van der Waals surface area contributed by atoms with Crippen LogP contribution in [0.5, 0.6) is 0 Å². The fourth-order valence-corrected chi connectivity index (χ4v) is 2.67. The second-order valence-corrected chi connectivity index (χ2v) is 5.46. The Morgan fingerprint density at radius 3 is 2.42 bits per heavy atom. The molecule has 1 heterocycles. The summed E-state index contributed by atoms with van der Waals surface area (Å²) in [6, 6.07) is 0. The van der Waals surface area contributed by atoms with E-state index in [1.165, 1.54) is 6.20 Å². The van der Waals surface area contributed by atoms with E-state index in [4.69, 9.17) is 11.6 Å². The summed E-state index contributed by atoms with van der Waals surface area (Å²) >= 11 is 5.52. The van der Waals surface area contributed by atoms with Gasteiger partial charge in [0.15, 0.2) is 5.69 Å². The van der Waals surface area contributed by atoms with Crippen LogP contribution >= 0.6 is 11.6 Å². The van der Waals surface area contributed by atoms with Gasteiger partial charge in [-0.15, -0.1) is 11.6 Å². The molecule has 1 aromatic heterocycles. The Balaban J connectivity index is 2.28. The largest absolute Gasteiger partial charge is 0.433 e. The van der Waals surface area contributed by atoms with Crippen molar-refractivity contribution in [3.8, 4) is 0 Å². The predicted molar refractivity (Wildman–Crippen MR) is 67.0 cm³/mol. The first-order chi connectivity index (χ1) is 8.91. The van der Waals surface area contributed by atoms with Crippen molar-refractivity contribution in [3.63, 3.8) is 0 Å². The topological polar surface area (TPSA) is 25.8 Å². The molecule has 0 amide bonds. The van der Waals surface area contributed by atoms with E-state index in [2.05, 4.69) is 16.9 Å². The van der Waals surface area contributed by atoms with Gasteiger partial charge in [0.2, 0.25) is 0 Å². The highest BCUT2D eigenvalue weighted by Crippen LogP contribution is 2.36. The molecule has 0 aromatic carbocycles. The van der Waals surface area contributed by atoms with Crippen LogP contribution in [0.25, 0.3) is 0 Å². The summed E-state index contributed by atoms with van der Waals surface area (Å²) in [5.41, 5.74) is -0.937. The molecule has 106 valence electrons. The molecule has 2 nitrogen and oxygen atoms in total. The minimum atomic E-state index is -4.47. The summed E-state index contributed by atoms with van der Waals surface area (Å²) in [6.07, 6.45) is 0.511. The van der Waals surface area contributed by atoms with Gasteiger partial charge in [0.25, 0.3) is 0 Å². The van der Waals surface area contributed by atoms with Crippen molar-refractivity contribution in [1.29, 1.82) is 0 Å². The molecule has 0 spiro atoms. The molecular weight excluding hydrogens is 277 g/mol. The molecule has 19 heavy (non-hydrogen) atoms. The van der Waals surface area contributed by atoms with Gasteiger partial charge in [-0.2, -0.15) is 13.2 Å². The van der Waals surface area contributed by atoms with E-state index in [0.717, 1.165) is 25.7 Å². The van der Waals surface area contributed by atoms with Crippen LogP contribution in [0.15, 0.2) is 6.20 Å². The van der Waals surface area contributed by atoms with Crippen molar-refractivity contribution >= 4 is 11.6 Å². The first-order valence-corrected chi connectivity index (χ1v) is 6.94. The van der Waals surface area contributed by atoms with Crippen molar-refractivity contribution in [1.82, 2.24) is 9.97 Å². The molecule has 0 aliphatic heterocycles. The molecule has 1 aromatic rings. The Hall–Kier alpha value is -0.840. The Bertz CT molecular complexity index is 440. The second kappa shape index (κ2) is 5.65. The zero-order valence-electron chi connectivity index (χ0n) is 10.7. The lowest BCUT2D eigenvalue weighted by Crippen LogP contribution is -2.18. The third-order valence-electron chi connectivity index (χ3n) is 3.68. The molecule has 0 saturated heterocycles. The maximum absolute atomic E-state index is 12.9. The van der Waals surface area contributed by atoms with Crippen LogP contribution in [-0.2, 0) is 12.1 Å². The fourth-order valence-electron chi connectivity index (χ4n) is 2.48. The van der Waals surface area contributed by atoms with Crippen molar-refractivity contribution < 1.29 is 13.2 Å². The van der Waals surface area contributed by atoms with E-state index in [1.807, 2.05) is 0 Å². The van der Waals surface area contributed by atoms with Crippen molar-refractivity contribution in [2.24, 2.45) is 5.92 Å². The average molecular weight is 293 g/mol. The molecule has 1 saturated carbocycles. The molecule has 1 aliphatic rings. The van der Waals surface area contributed by atoms with Crippen LogP contribution in [0.2, 0.25) is 0 Å². The first kappa shape index (κ1) is 14.6. The summed E-state index contributed by atoms with van der Waals surface area (Å²) in [4.78, 5) is 7.82. The smallest absolute Gasteiger partial charge is 0.241 e. The number of nitrogens with zero attached hydrogens (tertiary/aromatic N) is 2. The summed E-state index contributed by atoms with van der Waals surface area (Å²) in [5.74, 6) is 0.770. The predicted octanol–water partition coefficient (Wildman–Crippen LogP) is 4.53. The van der Waals surface area contributed by atoms with E-state index < -0.39 is 11.9 Å². The highest BCUT2D eigenvalue weighted by Gasteiger charge is 2.36. The number of halogens is 4. The Morgan fingerprint density at radius 2 is 1.89 bits per heavy atom. The van der Waals surface area contributed by atoms with Gasteiger partial charge >= 0.3 is 6.18 Å². The standard InChI is InChI=1S/C13H16ClF3N2/c1-8-2-4-9(5-3-8)12-18-7-10(6-14)11(19-12)13(15,16)17/h7-9H,2-6H2,1H3. The zero-order chi connectivity index (χ0) is 14.0. The maximum Gasteiger partial charge on any atom is 0.433 e. The zero-order valence-corrected chi connectivity index (χ0v) is 11.4.